The van der Waals surface area contributed by atoms with E-state index in [-0.39, 0.29) is 11.9 Å². The average Bonchev–Trinajstić information content (AvgIpc) is 3.31. The molecular weight excluding hydrogens is 478 g/mol. The molecule has 0 spiro atoms. The summed E-state index contributed by atoms with van der Waals surface area (Å²) in [6, 6.07) is 15.1. The van der Waals surface area contributed by atoms with Gasteiger partial charge in [-0.15, -0.1) is 11.3 Å². The molecule has 0 saturated carbocycles. The van der Waals surface area contributed by atoms with Crippen molar-refractivity contribution < 1.29 is 4.79 Å². The molecule has 4 heterocycles. The van der Waals surface area contributed by atoms with Crippen LogP contribution in [0.4, 0.5) is 5.69 Å². The number of hydrogen-bond donors (Lipinski definition) is 1. The summed E-state index contributed by atoms with van der Waals surface area (Å²) in [5.41, 5.74) is 7.41. The Labute approximate surface area is 220 Å². The molecule has 186 valence electrons. The molecule has 6 nitrogen and oxygen atoms in total. The topological polar surface area (TPSA) is 71.0 Å². The first-order valence-electron chi connectivity index (χ1n) is 12.7. The summed E-state index contributed by atoms with van der Waals surface area (Å²) >= 11 is 1.78. The first-order chi connectivity index (χ1) is 18.1. The monoisotopic (exact) mass is 507 g/mol. The third kappa shape index (κ3) is 4.67. The number of fused-ring (bicyclic) bond motifs is 2. The Balaban J connectivity index is 1.40. The maximum Gasteiger partial charge on any atom is 0.219 e. The van der Waals surface area contributed by atoms with Gasteiger partial charge in [-0.25, -0.2) is 0 Å². The highest BCUT2D eigenvalue weighted by Crippen LogP contribution is 2.38. The van der Waals surface area contributed by atoms with Crippen molar-refractivity contribution in [2.45, 2.75) is 32.7 Å². The van der Waals surface area contributed by atoms with Crippen LogP contribution in [0.15, 0.2) is 72.6 Å². The first kappa shape index (κ1) is 23.6. The number of hydrogen-bond acceptors (Lipinski definition) is 6. The van der Waals surface area contributed by atoms with Crippen LogP contribution in [0.1, 0.15) is 36.9 Å². The van der Waals surface area contributed by atoms with E-state index in [9.17, 15) is 4.79 Å². The molecule has 1 saturated heterocycles. The van der Waals surface area contributed by atoms with E-state index < -0.39 is 0 Å². The fraction of sp³-hybridized carbons (Fsp3) is 0.267. The Morgan fingerprint density at radius 3 is 2.70 bits per heavy atom. The van der Waals surface area contributed by atoms with Crippen LogP contribution in [-0.2, 0) is 4.79 Å². The lowest BCUT2D eigenvalue weighted by Gasteiger charge is -2.36. The third-order valence-corrected chi connectivity index (χ3v) is 8.56. The van der Waals surface area contributed by atoms with Gasteiger partial charge in [-0.2, -0.15) is 0 Å². The van der Waals surface area contributed by atoms with E-state index in [2.05, 4.69) is 64.0 Å². The SMILES string of the molecule is CC(=O)N1CCC([C@H](Nc2cc(-c3ccc4scc(C)c4c3)c3nccnc3c2)c2cccnc2)CC1. The fourth-order valence-electron chi connectivity index (χ4n) is 5.46. The number of thiophene rings is 1. The van der Waals surface area contributed by atoms with Crippen molar-refractivity contribution in [3.8, 4) is 11.1 Å². The number of aromatic nitrogens is 3. The smallest absolute Gasteiger partial charge is 0.219 e. The van der Waals surface area contributed by atoms with Crippen LogP contribution in [0.5, 0.6) is 0 Å². The van der Waals surface area contributed by atoms with Gasteiger partial charge in [-0.05, 0) is 83.5 Å². The normalized spacial score (nSPS) is 15.2. The van der Waals surface area contributed by atoms with E-state index in [1.165, 1.54) is 15.6 Å². The number of anilines is 1. The van der Waals surface area contributed by atoms with Gasteiger partial charge in [-0.3, -0.25) is 19.7 Å². The first-order valence-corrected chi connectivity index (χ1v) is 13.6. The lowest BCUT2D eigenvalue weighted by atomic mass is 9.85. The lowest BCUT2D eigenvalue weighted by Crippen LogP contribution is -2.39. The second kappa shape index (κ2) is 9.90. The highest BCUT2D eigenvalue weighted by atomic mass is 32.1. The van der Waals surface area contributed by atoms with Gasteiger partial charge < -0.3 is 10.2 Å². The van der Waals surface area contributed by atoms with Crippen LogP contribution < -0.4 is 5.32 Å². The van der Waals surface area contributed by atoms with Gasteiger partial charge in [0, 0.05) is 60.8 Å². The summed E-state index contributed by atoms with van der Waals surface area (Å²) in [6.45, 7) is 5.39. The zero-order valence-corrected chi connectivity index (χ0v) is 21.8. The summed E-state index contributed by atoms with van der Waals surface area (Å²) in [4.78, 5) is 27.6. The highest BCUT2D eigenvalue weighted by Gasteiger charge is 2.29. The Bertz CT molecular complexity index is 1570. The number of nitrogens with zero attached hydrogens (tertiary/aromatic N) is 4. The van der Waals surface area contributed by atoms with E-state index >= 15 is 0 Å². The molecule has 3 aromatic heterocycles. The molecule has 1 fully saturated rings. The van der Waals surface area contributed by atoms with Crippen molar-refractivity contribution in [3.05, 3.63) is 83.8 Å². The van der Waals surface area contributed by atoms with E-state index in [1.807, 2.05) is 23.4 Å². The molecule has 0 unspecified atom stereocenters. The number of amides is 1. The Kier molecular flexibility index (Phi) is 6.30. The van der Waals surface area contributed by atoms with Gasteiger partial charge in [0.05, 0.1) is 17.1 Å². The minimum atomic E-state index is 0.0753. The summed E-state index contributed by atoms with van der Waals surface area (Å²) in [6.07, 6.45) is 9.16. The number of carbonyl (C=O) groups is 1. The molecule has 7 heteroatoms. The van der Waals surface area contributed by atoms with Crippen LogP contribution in [0.2, 0.25) is 0 Å². The number of nitrogens with one attached hydrogen (secondary N) is 1. The van der Waals surface area contributed by atoms with Crippen molar-refractivity contribution in [1.82, 2.24) is 19.9 Å². The number of aryl methyl sites for hydroxylation is 1. The number of rotatable bonds is 5. The minimum Gasteiger partial charge on any atom is -0.378 e. The Hall–Kier alpha value is -3.84. The molecule has 0 bridgehead atoms. The molecule has 6 rings (SSSR count). The molecule has 0 radical (unpaired) electrons. The number of likely N-dealkylation sites (tertiary alicyclic amines) is 1. The maximum atomic E-state index is 11.9. The second-order valence-electron chi connectivity index (χ2n) is 9.83. The maximum absolute atomic E-state index is 11.9. The number of carbonyl (C=O) groups excluding carboxylic acids is 1. The van der Waals surface area contributed by atoms with Crippen LogP contribution >= 0.6 is 11.3 Å². The summed E-state index contributed by atoms with van der Waals surface area (Å²) in [7, 11) is 0. The fourth-order valence-corrected chi connectivity index (χ4v) is 6.39. The molecular formula is C30H29N5OS. The van der Waals surface area contributed by atoms with E-state index in [0.29, 0.717) is 5.92 Å². The molecule has 1 N–H and O–H groups in total. The van der Waals surface area contributed by atoms with Crippen molar-refractivity contribution in [2.24, 2.45) is 5.92 Å². The van der Waals surface area contributed by atoms with Crippen molar-refractivity contribution in [3.63, 3.8) is 0 Å². The van der Waals surface area contributed by atoms with Crippen molar-refractivity contribution in [1.29, 1.82) is 0 Å². The zero-order chi connectivity index (χ0) is 25.4. The average molecular weight is 508 g/mol. The van der Waals surface area contributed by atoms with Gasteiger partial charge in [0.1, 0.15) is 0 Å². The van der Waals surface area contributed by atoms with E-state index in [1.54, 1.807) is 30.7 Å². The quantitative estimate of drug-likeness (QED) is 0.289. The number of benzene rings is 2. The molecule has 1 atom stereocenters. The van der Waals surface area contributed by atoms with Gasteiger partial charge in [0.15, 0.2) is 0 Å². The van der Waals surface area contributed by atoms with E-state index in [4.69, 9.17) is 4.98 Å². The molecule has 2 aromatic carbocycles. The molecule has 1 aliphatic rings. The van der Waals surface area contributed by atoms with Crippen molar-refractivity contribution >= 4 is 44.1 Å². The van der Waals surface area contributed by atoms with Gasteiger partial charge in [-0.1, -0.05) is 12.1 Å². The summed E-state index contributed by atoms with van der Waals surface area (Å²) in [5, 5.41) is 7.34. The minimum absolute atomic E-state index is 0.0753. The number of piperidine rings is 1. The standard InChI is InChI=1S/C30H29N5OS/c1-19-18-37-28-6-5-22(14-25(19)28)26-15-24(16-27-30(26)33-11-10-32-27)34-29(23-4-3-9-31-17-23)21-7-12-35(13-8-21)20(2)36/h3-6,9-11,14-18,21,29,34H,7-8,12-13H2,1-2H3/t29-/m0/s1. The molecule has 37 heavy (non-hydrogen) atoms. The predicted molar refractivity (Wildman–Crippen MR) is 151 cm³/mol. The molecule has 5 aromatic rings. The molecule has 0 aliphatic carbocycles. The van der Waals surface area contributed by atoms with Crippen LogP contribution in [0, 0.1) is 12.8 Å². The molecule has 1 aliphatic heterocycles. The second-order valence-corrected chi connectivity index (χ2v) is 10.7. The Morgan fingerprint density at radius 2 is 1.92 bits per heavy atom. The van der Waals surface area contributed by atoms with Crippen LogP contribution in [0.25, 0.3) is 32.2 Å². The van der Waals surface area contributed by atoms with Gasteiger partial charge >= 0.3 is 0 Å². The van der Waals surface area contributed by atoms with Gasteiger partial charge in [0.25, 0.3) is 0 Å². The summed E-state index contributed by atoms with van der Waals surface area (Å²) < 4.78 is 1.29. The summed E-state index contributed by atoms with van der Waals surface area (Å²) in [5.74, 6) is 0.533. The molecule has 1 amide bonds. The van der Waals surface area contributed by atoms with Crippen molar-refractivity contribution in [2.75, 3.05) is 18.4 Å². The van der Waals surface area contributed by atoms with Crippen LogP contribution in [-0.4, -0.2) is 38.8 Å². The van der Waals surface area contributed by atoms with E-state index in [0.717, 1.165) is 59.3 Å². The van der Waals surface area contributed by atoms with Crippen LogP contribution in [0.3, 0.4) is 0 Å². The zero-order valence-electron chi connectivity index (χ0n) is 21.0. The lowest BCUT2D eigenvalue weighted by molar-refractivity contribution is -0.130. The predicted octanol–water partition coefficient (Wildman–Crippen LogP) is 6.63. The highest BCUT2D eigenvalue weighted by molar-refractivity contribution is 7.17. The third-order valence-electron chi connectivity index (χ3n) is 7.47. The number of pyridine rings is 1. The largest absolute Gasteiger partial charge is 0.378 e. The Morgan fingerprint density at radius 1 is 1.08 bits per heavy atom. The van der Waals surface area contributed by atoms with Gasteiger partial charge in [0.2, 0.25) is 5.91 Å².